The van der Waals surface area contributed by atoms with Gasteiger partial charge in [0.15, 0.2) is 0 Å². The SMILES string of the molecule is Cc1nc(C)c(C(C)NCCCn2ccnn2)c(=O)[nH]1. The van der Waals surface area contributed by atoms with E-state index in [-0.39, 0.29) is 11.6 Å². The molecular weight excluding hydrogens is 256 g/mol. The summed E-state index contributed by atoms with van der Waals surface area (Å²) in [5.41, 5.74) is 1.42. The zero-order valence-electron chi connectivity index (χ0n) is 12.1. The van der Waals surface area contributed by atoms with Crippen LogP contribution in [0.2, 0.25) is 0 Å². The van der Waals surface area contributed by atoms with Gasteiger partial charge in [-0.1, -0.05) is 5.21 Å². The lowest BCUT2D eigenvalue weighted by molar-refractivity contribution is 0.495. The number of rotatable bonds is 6. The molecule has 0 amide bonds. The summed E-state index contributed by atoms with van der Waals surface area (Å²) in [6, 6.07) is -0.0254. The number of hydrogen-bond acceptors (Lipinski definition) is 5. The normalized spacial score (nSPS) is 12.6. The third-order valence-electron chi connectivity index (χ3n) is 3.18. The van der Waals surface area contributed by atoms with Crippen LogP contribution >= 0.6 is 0 Å². The molecule has 0 aliphatic heterocycles. The Kier molecular flexibility index (Phi) is 4.62. The molecule has 0 fully saturated rings. The molecule has 7 heteroatoms. The zero-order valence-corrected chi connectivity index (χ0v) is 12.1. The maximum atomic E-state index is 12.0. The molecule has 2 heterocycles. The number of hydrogen-bond donors (Lipinski definition) is 2. The lowest BCUT2D eigenvalue weighted by atomic mass is 10.1. The minimum atomic E-state index is -0.0636. The average Bonchev–Trinajstić information content (AvgIpc) is 2.86. The Morgan fingerprint density at radius 3 is 2.90 bits per heavy atom. The first-order valence-electron chi connectivity index (χ1n) is 6.73. The first kappa shape index (κ1) is 14.4. The minimum Gasteiger partial charge on any atom is -0.310 e. The number of H-pyrrole nitrogens is 1. The fourth-order valence-electron chi connectivity index (χ4n) is 2.26. The van der Waals surface area contributed by atoms with Gasteiger partial charge in [0.05, 0.1) is 11.8 Å². The van der Waals surface area contributed by atoms with Gasteiger partial charge in [-0.05, 0) is 33.7 Å². The van der Waals surface area contributed by atoms with Crippen LogP contribution in [0, 0.1) is 13.8 Å². The Morgan fingerprint density at radius 2 is 2.25 bits per heavy atom. The van der Waals surface area contributed by atoms with Crippen LogP contribution in [-0.2, 0) is 6.54 Å². The fourth-order valence-corrected chi connectivity index (χ4v) is 2.26. The molecule has 108 valence electrons. The summed E-state index contributed by atoms with van der Waals surface area (Å²) in [4.78, 5) is 19.0. The molecule has 0 spiro atoms. The fraction of sp³-hybridized carbons (Fsp3) is 0.538. The molecule has 1 atom stereocenters. The van der Waals surface area contributed by atoms with E-state index < -0.39 is 0 Å². The van der Waals surface area contributed by atoms with Crippen LogP contribution in [0.15, 0.2) is 17.2 Å². The Labute approximate surface area is 117 Å². The lowest BCUT2D eigenvalue weighted by Gasteiger charge is -2.15. The van der Waals surface area contributed by atoms with Gasteiger partial charge in [-0.15, -0.1) is 5.10 Å². The number of aromatic nitrogens is 5. The maximum Gasteiger partial charge on any atom is 0.255 e. The largest absolute Gasteiger partial charge is 0.310 e. The molecule has 0 saturated heterocycles. The van der Waals surface area contributed by atoms with Gasteiger partial charge in [0.1, 0.15) is 5.82 Å². The van der Waals surface area contributed by atoms with Crippen molar-refractivity contribution in [3.05, 3.63) is 39.8 Å². The molecular formula is C13H20N6O. The summed E-state index contributed by atoms with van der Waals surface area (Å²) in [6.07, 6.45) is 4.42. The number of aromatic amines is 1. The van der Waals surface area contributed by atoms with Gasteiger partial charge in [-0.3, -0.25) is 9.48 Å². The Hall–Kier alpha value is -2.02. The predicted molar refractivity (Wildman–Crippen MR) is 75.4 cm³/mol. The van der Waals surface area contributed by atoms with Crippen LogP contribution in [0.25, 0.3) is 0 Å². The van der Waals surface area contributed by atoms with E-state index in [1.165, 1.54) is 0 Å². The van der Waals surface area contributed by atoms with E-state index >= 15 is 0 Å². The van der Waals surface area contributed by atoms with Crippen molar-refractivity contribution in [3.8, 4) is 0 Å². The highest BCUT2D eigenvalue weighted by Crippen LogP contribution is 2.10. The third kappa shape index (κ3) is 3.51. The van der Waals surface area contributed by atoms with Crippen LogP contribution in [0.1, 0.15) is 36.5 Å². The number of nitrogens with zero attached hydrogens (tertiary/aromatic N) is 4. The van der Waals surface area contributed by atoms with Gasteiger partial charge in [-0.2, -0.15) is 0 Å². The second-order valence-corrected chi connectivity index (χ2v) is 4.85. The Balaban J connectivity index is 1.89. The van der Waals surface area contributed by atoms with Crippen molar-refractivity contribution in [2.45, 2.75) is 39.8 Å². The monoisotopic (exact) mass is 276 g/mol. The molecule has 1 unspecified atom stereocenters. The van der Waals surface area contributed by atoms with Gasteiger partial charge >= 0.3 is 0 Å². The van der Waals surface area contributed by atoms with Crippen LogP contribution < -0.4 is 10.9 Å². The summed E-state index contributed by atoms with van der Waals surface area (Å²) in [5.74, 6) is 0.648. The van der Waals surface area contributed by atoms with Crippen molar-refractivity contribution in [2.24, 2.45) is 0 Å². The summed E-state index contributed by atoms with van der Waals surface area (Å²) < 4.78 is 1.79. The van der Waals surface area contributed by atoms with Crippen molar-refractivity contribution < 1.29 is 0 Å². The third-order valence-corrected chi connectivity index (χ3v) is 3.18. The summed E-state index contributed by atoms with van der Waals surface area (Å²) in [5, 5.41) is 11.0. The van der Waals surface area contributed by atoms with Crippen LogP contribution in [-0.4, -0.2) is 31.5 Å². The molecule has 0 aliphatic carbocycles. The summed E-state index contributed by atoms with van der Waals surface area (Å²) >= 11 is 0. The van der Waals surface area contributed by atoms with Crippen LogP contribution in [0.3, 0.4) is 0 Å². The average molecular weight is 276 g/mol. The first-order valence-corrected chi connectivity index (χ1v) is 6.73. The van der Waals surface area contributed by atoms with Gasteiger partial charge in [0, 0.05) is 24.5 Å². The van der Waals surface area contributed by atoms with E-state index in [1.54, 1.807) is 17.8 Å². The number of aryl methyl sites for hydroxylation is 3. The van der Waals surface area contributed by atoms with Crippen molar-refractivity contribution in [3.63, 3.8) is 0 Å². The second kappa shape index (κ2) is 6.42. The van der Waals surface area contributed by atoms with Crippen LogP contribution in [0.5, 0.6) is 0 Å². The summed E-state index contributed by atoms with van der Waals surface area (Å²) in [7, 11) is 0. The van der Waals surface area contributed by atoms with Crippen molar-refractivity contribution in [1.29, 1.82) is 0 Å². The van der Waals surface area contributed by atoms with E-state index in [4.69, 9.17) is 0 Å². The van der Waals surface area contributed by atoms with E-state index in [1.807, 2.05) is 20.0 Å². The molecule has 0 radical (unpaired) electrons. The molecule has 7 nitrogen and oxygen atoms in total. The molecule has 2 N–H and O–H groups in total. The molecule has 20 heavy (non-hydrogen) atoms. The number of nitrogens with one attached hydrogen (secondary N) is 2. The molecule has 2 aromatic heterocycles. The first-order chi connectivity index (χ1) is 9.58. The van der Waals surface area contributed by atoms with Gasteiger partial charge in [0.2, 0.25) is 0 Å². The molecule has 0 aromatic carbocycles. The van der Waals surface area contributed by atoms with Crippen molar-refractivity contribution >= 4 is 0 Å². The van der Waals surface area contributed by atoms with Crippen LogP contribution in [0.4, 0.5) is 0 Å². The minimum absolute atomic E-state index is 0.0254. The second-order valence-electron chi connectivity index (χ2n) is 4.85. The van der Waals surface area contributed by atoms with Crippen molar-refractivity contribution in [2.75, 3.05) is 6.54 Å². The molecule has 0 bridgehead atoms. The van der Waals surface area contributed by atoms with Crippen molar-refractivity contribution in [1.82, 2.24) is 30.3 Å². The Bertz CT molecular complexity index is 604. The topological polar surface area (TPSA) is 88.5 Å². The van der Waals surface area contributed by atoms with Gasteiger partial charge < -0.3 is 10.3 Å². The molecule has 2 aromatic rings. The highest BCUT2D eigenvalue weighted by atomic mass is 16.1. The van der Waals surface area contributed by atoms with E-state index in [0.29, 0.717) is 11.4 Å². The molecule has 0 saturated carbocycles. The predicted octanol–water partition coefficient (Wildman–Crippen LogP) is 0.719. The highest BCUT2D eigenvalue weighted by Gasteiger charge is 2.13. The van der Waals surface area contributed by atoms with Gasteiger partial charge in [-0.25, -0.2) is 4.98 Å². The summed E-state index contributed by atoms with van der Waals surface area (Å²) in [6.45, 7) is 7.23. The maximum absolute atomic E-state index is 12.0. The lowest BCUT2D eigenvalue weighted by Crippen LogP contribution is -2.29. The van der Waals surface area contributed by atoms with E-state index in [9.17, 15) is 4.79 Å². The van der Waals surface area contributed by atoms with E-state index in [0.717, 1.165) is 25.2 Å². The van der Waals surface area contributed by atoms with Gasteiger partial charge in [0.25, 0.3) is 5.56 Å². The quantitative estimate of drug-likeness (QED) is 0.759. The zero-order chi connectivity index (χ0) is 14.5. The van der Waals surface area contributed by atoms with E-state index in [2.05, 4.69) is 25.6 Å². The Morgan fingerprint density at radius 1 is 1.45 bits per heavy atom. The smallest absolute Gasteiger partial charge is 0.255 e. The highest BCUT2D eigenvalue weighted by molar-refractivity contribution is 5.19. The standard InChI is InChI=1S/C13H20N6O/c1-9(12-10(2)16-11(3)17-13(12)20)14-5-4-7-19-8-6-15-18-19/h6,8-9,14H,4-5,7H2,1-3H3,(H,16,17,20). The molecule has 2 rings (SSSR count). The molecule has 0 aliphatic rings.